The van der Waals surface area contributed by atoms with Crippen LogP contribution in [0.3, 0.4) is 0 Å². The number of rotatable bonds is 2. The van der Waals surface area contributed by atoms with Crippen molar-refractivity contribution in [3.8, 4) is 0 Å². The molecule has 19 heavy (non-hydrogen) atoms. The van der Waals surface area contributed by atoms with Crippen molar-refractivity contribution in [2.45, 2.75) is 11.5 Å². The molecule has 0 spiro atoms. The van der Waals surface area contributed by atoms with E-state index >= 15 is 0 Å². The standard InChI is InChI=1S/C13H9BF3NO/c14-12(13(15,16)17)5-2-1-3-11(7-12)18-6-4-10(8-18)9-19/h1-9H. The minimum atomic E-state index is -4.60. The van der Waals surface area contributed by atoms with E-state index in [1.54, 1.807) is 0 Å². The summed E-state index contributed by atoms with van der Waals surface area (Å²) in [6.07, 6.45) is 4.98. The number of halogens is 3. The van der Waals surface area contributed by atoms with Crippen LogP contribution in [0.15, 0.2) is 48.8 Å². The Morgan fingerprint density at radius 1 is 1.32 bits per heavy atom. The fourth-order valence-electron chi connectivity index (χ4n) is 1.69. The van der Waals surface area contributed by atoms with Crippen molar-refractivity contribution in [2.75, 3.05) is 0 Å². The molecule has 0 N–H and O–H groups in total. The Morgan fingerprint density at radius 3 is 2.63 bits per heavy atom. The molecule has 0 fully saturated rings. The molecule has 2 nitrogen and oxygen atoms in total. The Bertz CT molecular complexity index is 583. The first-order chi connectivity index (χ1) is 8.86. The van der Waals surface area contributed by atoms with Crippen molar-refractivity contribution in [3.05, 3.63) is 54.4 Å². The third kappa shape index (κ3) is 2.57. The van der Waals surface area contributed by atoms with Crippen LogP contribution in [0.2, 0.25) is 5.31 Å². The Labute approximate surface area is 109 Å². The predicted molar refractivity (Wildman–Crippen MR) is 66.9 cm³/mol. The fourth-order valence-corrected chi connectivity index (χ4v) is 1.69. The molecule has 0 saturated heterocycles. The smallest absolute Gasteiger partial charge is 0.323 e. The molecule has 1 aliphatic carbocycles. The van der Waals surface area contributed by atoms with E-state index < -0.39 is 11.5 Å². The average Bonchev–Trinajstić information content (AvgIpc) is 2.71. The second-order valence-electron chi connectivity index (χ2n) is 4.19. The Hall–Kier alpha value is -1.98. The number of aldehydes is 1. The van der Waals surface area contributed by atoms with Crippen LogP contribution in [0.5, 0.6) is 0 Å². The zero-order valence-corrected chi connectivity index (χ0v) is 9.76. The highest BCUT2D eigenvalue weighted by Crippen LogP contribution is 2.46. The molecule has 0 bridgehead atoms. The van der Waals surface area contributed by atoms with Crippen LogP contribution in [0.1, 0.15) is 10.4 Å². The molecule has 0 aromatic carbocycles. The molecule has 0 amide bonds. The highest BCUT2D eigenvalue weighted by atomic mass is 19.4. The van der Waals surface area contributed by atoms with Gasteiger partial charge in [0.25, 0.3) is 0 Å². The van der Waals surface area contributed by atoms with Gasteiger partial charge in [-0.05, 0) is 12.1 Å². The SMILES string of the molecule is [B]C1(C(F)(F)F)C=CC=CC(n2ccc(C=O)c2)=C1. The van der Waals surface area contributed by atoms with Crippen molar-refractivity contribution in [1.82, 2.24) is 4.57 Å². The van der Waals surface area contributed by atoms with Gasteiger partial charge in [0.1, 0.15) is 0 Å². The van der Waals surface area contributed by atoms with Crippen molar-refractivity contribution in [2.24, 2.45) is 0 Å². The lowest BCUT2D eigenvalue weighted by atomic mass is 9.67. The first-order valence-corrected chi connectivity index (χ1v) is 5.44. The maximum atomic E-state index is 13.0. The summed E-state index contributed by atoms with van der Waals surface area (Å²) in [6, 6.07) is 1.51. The van der Waals surface area contributed by atoms with E-state index in [0.717, 1.165) is 12.2 Å². The first kappa shape index (κ1) is 13.5. The molecule has 1 unspecified atom stereocenters. The van der Waals surface area contributed by atoms with Crippen LogP contribution in [-0.2, 0) is 0 Å². The summed E-state index contributed by atoms with van der Waals surface area (Å²) in [4.78, 5) is 10.6. The summed E-state index contributed by atoms with van der Waals surface area (Å²) in [5, 5.41) is -2.53. The van der Waals surface area contributed by atoms with Gasteiger partial charge in [-0.25, -0.2) is 0 Å². The summed E-state index contributed by atoms with van der Waals surface area (Å²) < 4.78 is 40.3. The quantitative estimate of drug-likeness (QED) is 0.593. The van der Waals surface area contributed by atoms with E-state index in [1.165, 1.54) is 41.3 Å². The van der Waals surface area contributed by atoms with Gasteiger partial charge in [-0.2, -0.15) is 13.2 Å². The molecule has 0 saturated carbocycles. The van der Waals surface area contributed by atoms with Crippen molar-refractivity contribution in [3.63, 3.8) is 0 Å². The normalized spacial score (nSPS) is 23.0. The van der Waals surface area contributed by atoms with E-state index in [0.29, 0.717) is 11.8 Å². The lowest BCUT2D eigenvalue weighted by molar-refractivity contribution is -0.142. The summed E-state index contributed by atoms with van der Waals surface area (Å²) in [6.45, 7) is 0. The Morgan fingerprint density at radius 2 is 2.05 bits per heavy atom. The second kappa shape index (κ2) is 4.61. The lowest BCUT2D eigenvalue weighted by Crippen LogP contribution is -2.28. The molecule has 1 aliphatic rings. The highest BCUT2D eigenvalue weighted by molar-refractivity contribution is 6.19. The Kier molecular flexibility index (Phi) is 3.26. The predicted octanol–water partition coefficient (Wildman–Crippen LogP) is 3.16. The van der Waals surface area contributed by atoms with Crippen LogP contribution in [-0.4, -0.2) is 24.9 Å². The monoisotopic (exact) mass is 263 g/mol. The zero-order chi connectivity index (χ0) is 14.1. The second-order valence-corrected chi connectivity index (χ2v) is 4.19. The minimum absolute atomic E-state index is 0.248. The van der Waals surface area contributed by atoms with Crippen molar-refractivity contribution >= 4 is 19.8 Å². The van der Waals surface area contributed by atoms with E-state index in [2.05, 4.69) is 0 Å². The van der Waals surface area contributed by atoms with Crippen LogP contribution in [0, 0.1) is 0 Å². The van der Waals surface area contributed by atoms with Gasteiger partial charge in [-0.3, -0.25) is 4.79 Å². The van der Waals surface area contributed by atoms with Crippen LogP contribution < -0.4 is 0 Å². The minimum Gasteiger partial charge on any atom is -0.323 e. The molecule has 96 valence electrons. The van der Waals surface area contributed by atoms with Gasteiger partial charge in [0.15, 0.2) is 6.29 Å². The molecule has 1 aromatic heterocycles. The number of hydrogen-bond donors (Lipinski definition) is 0. The van der Waals surface area contributed by atoms with Gasteiger partial charge in [-0.15, -0.1) is 0 Å². The van der Waals surface area contributed by atoms with E-state index in [-0.39, 0.29) is 5.70 Å². The number of carbonyl (C=O) groups excluding carboxylic acids is 1. The molecule has 2 radical (unpaired) electrons. The van der Waals surface area contributed by atoms with Gasteiger partial charge in [0.05, 0.1) is 13.2 Å². The van der Waals surface area contributed by atoms with Gasteiger partial charge in [-0.1, -0.05) is 24.3 Å². The van der Waals surface area contributed by atoms with Crippen molar-refractivity contribution < 1.29 is 18.0 Å². The van der Waals surface area contributed by atoms with Crippen LogP contribution in [0.4, 0.5) is 13.2 Å². The van der Waals surface area contributed by atoms with Crippen LogP contribution in [0.25, 0.3) is 5.70 Å². The zero-order valence-electron chi connectivity index (χ0n) is 9.76. The summed E-state index contributed by atoms with van der Waals surface area (Å²) >= 11 is 0. The molecule has 6 heteroatoms. The van der Waals surface area contributed by atoms with Crippen molar-refractivity contribution in [1.29, 1.82) is 0 Å². The summed E-state index contributed by atoms with van der Waals surface area (Å²) in [7, 11) is 5.39. The molecule has 1 aromatic rings. The molecule has 2 rings (SSSR count). The Balaban J connectivity index is 2.47. The van der Waals surface area contributed by atoms with Gasteiger partial charge in [0.2, 0.25) is 0 Å². The maximum absolute atomic E-state index is 13.0. The summed E-state index contributed by atoms with van der Waals surface area (Å²) in [5.41, 5.74) is 0.624. The van der Waals surface area contributed by atoms with Gasteiger partial charge in [0, 0.05) is 23.7 Å². The number of aromatic nitrogens is 1. The highest BCUT2D eigenvalue weighted by Gasteiger charge is 2.47. The number of alkyl halides is 3. The molecule has 1 atom stereocenters. The van der Waals surface area contributed by atoms with E-state index in [9.17, 15) is 18.0 Å². The van der Waals surface area contributed by atoms with Crippen LogP contribution >= 0.6 is 0 Å². The maximum Gasteiger partial charge on any atom is 0.393 e. The third-order valence-electron chi connectivity index (χ3n) is 2.78. The molecular weight excluding hydrogens is 254 g/mol. The number of allylic oxidation sites excluding steroid dienone is 6. The van der Waals surface area contributed by atoms with E-state index in [1.807, 2.05) is 0 Å². The average molecular weight is 263 g/mol. The van der Waals surface area contributed by atoms with E-state index in [4.69, 9.17) is 7.85 Å². The largest absolute Gasteiger partial charge is 0.393 e. The molecule has 0 aliphatic heterocycles. The molecular formula is C13H9BF3NO. The summed E-state index contributed by atoms with van der Waals surface area (Å²) in [5.74, 6) is 0. The number of carbonyl (C=O) groups is 1. The molecule has 1 heterocycles. The lowest BCUT2D eigenvalue weighted by Gasteiger charge is -2.26. The topological polar surface area (TPSA) is 22.0 Å². The third-order valence-corrected chi connectivity index (χ3v) is 2.78. The fraction of sp³-hybridized carbons (Fsp3) is 0.154. The number of nitrogens with zero attached hydrogens (tertiary/aromatic N) is 1. The number of hydrogen-bond acceptors (Lipinski definition) is 1. The van der Waals surface area contributed by atoms with Gasteiger partial charge < -0.3 is 4.57 Å². The first-order valence-electron chi connectivity index (χ1n) is 5.44. The van der Waals surface area contributed by atoms with Gasteiger partial charge >= 0.3 is 6.18 Å².